The molecule has 1 aromatic carbocycles. The van der Waals surface area contributed by atoms with E-state index < -0.39 is 0 Å². The van der Waals surface area contributed by atoms with Crippen LogP contribution in [-0.4, -0.2) is 18.1 Å². The molecule has 1 aromatic heterocycles. The van der Waals surface area contributed by atoms with Crippen molar-refractivity contribution < 1.29 is 9.53 Å². The molecule has 0 spiro atoms. The summed E-state index contributed by atoms with van der Waals surface area (Å²) in [6.45, 7) is 0. The van der Waals surface area contributed by atoms with E-state index in [-0.39, 0.29) is 5.97 Å². The number of pyridine rings is 1. The van der Waals surface area contributed by atoms with Crippen LogP contribution < -0.4 is 0 Å². The number of halogens is 1. The van der Waals surface area contributed by atoms with Gasteiger partial charge < -0.3 is 4.74 Å². The van der Waals surface area contributed by atoms with Gasteiger partial charge in [0.25, 0.3) is 0 Å². The number of rotatable bonds is 1. The Balaban J connectivity index is 2.74. The summed E-state index contributed by atoms with van der Waals surface area (Å²) in [4.78, 5) is 15.5. The SMILES string of the molecule is COC(=O)c1cncc2ccc(Br)cc12. The zero-order chi connectivity index (χ0) is 10.8. The molecule has 0 aliphatic carbocycles. The number of fused-ring (bicyclic) bond motifs is 1. The van der Waals surface area contributed by atoms with Crippen molar-refractivity contribution in [3.8, 4) is 0 Å². The van der Waals surface area contributed by atoms with Crippen LogP contribution in [0.25, 0.3) is 10.8 Å². The van der Waals surface area contributed by atoms with E-state index in [4.69, 9.17) is 0 Å². The van der Waals surface area contributed by atoms with E-state index in [1.807, 2.05) is 18.2 Å². The largest absolute Gasteiger partial charge is 0.465 e. The molecule has 0 aliphatic heterocycles. The van der Waals surface area contributed by atoms with E-state index in [9.17, 15) is 4.79 Å². The van der Waals surface area contributed by atoms with Crippen molar-refractivity contribution >= 4 is 32.7 Å². The molecule has 4 heteroatoms. The van der Waals surface area contributed by atoms with Gasteiger partial charge >= 0.3 is 5.97 Å². The fourth-order valence-electron chi connectivity index (χ4n) is 1.41. The van der Waals surface area contributed by atoms with Gasteiger partial charge in [0, 0.05) is 27.6 Å². The number of ether oxygens (including phenoxy) is 1. The maximum Gasteiger partial charge on any atom is 0.340 e. The van der Waals surface area contributed by atoms with Gasteiger partial charge in [0.2, 0.25) is 0 Å². The van der Waals surface area contributed by atoms with Crippen LogP contribution in [0.4, 0.5) is 0 Å². The molecular formula is C11H8BrNO2. The highest BCUT2D eigenvalue weighted by molar-refractivity contribution is 9.10. The van der Waals surface area contributed by atoms with Gasteiger partial charge in [-0.25, -0.2) is 4.79 Å². The second kappa shape index (κ2) is 3.98. The van der Waals surface area contributed by atoms with Crippen molar-refractivity contribution in [1.29, 1.82) is 0 Å². The van der Waals surface area contributed by atoms with E-state index in [0.717, 1.165) is 15.2 Å². The number of esters is 1. The Morgan fingerprint density at radius 2 is 2.20 bits per heavy atom. The first-order valence-corrected chi connectivity index (χ1v) is 5.13. The van der Waals surface area contributed by atoms with Gasteiger partial charge in [-0.05, 0) is 12.1 Å². The summed E-state index contributed by atoms with van der Waals surface area (Å²) in [6, 6.07) is 5.69. The topological polar surface area (TPSA) is 39.2 Å². The van der Waals surface area contributed by atoms with E-state index in [1.54, 1.807) is 6.20 Å². The fourth-order valence-corrected chi connectivity index (χ4v) is 1.77. The number of carbonyl (C=O) groups is 1. The van der Waals surface area contributed by atoms with Crippen molar-refractivity contribution in [2.75, 3.05) is 7.11 Å². The molecule has 0 bridgehead atoms. The van der Waals surface area contributed by atoms with Gasteiger partial charge in [0.1, 0.15) is 0 Å². The molecular weight excluding hydrogens is 258 g/mol. The lowest BCUT2D eigenvalue weighted by molar-refractivity contribution is 0.0602. The number of hydrogen-bond donors (Lipinski definition) is 0. The zero-order valence-electron chi connectivity index (χ0n) is 8.03. The maximum atomic E-state index is 11.5. The fraction of sp³-hybridized carbons (Fsp3) is 0.0909. The average molecular weight is 266 g/mol. The lowest BCUT2D eigenvalue weighted by atomic mass is 10.1. The first kappa shape index (κ1) is 10.1. The summed E-state index contributed by atoms with van der Waals surface area (Å²) in [6.07, 6.45) is 3.23. The standard InChI is InChI=1S/C11H8BrNO2/c1-15-11(14)10-6-13-5-7-2-3-8(12)4-9(7)10/h2-6H,1H3. The van der Waals surface area contributed by atoms with Gasteiger partial charge in [-0.2, -0.15) is 0 Å². The van der Waals surface area contributed by atoms with Gasteiger partial charge in [-0.15, -0.1) is 0 Å². The minimum atomic E-state index is -0.369. The first-order valence-electron chi connectivity index (χ1n) is 4.34. The predicted octanol–water partition coefficient (Wildman–Crippen LogP) is 2.78. The molecule has 0 saturated carbocycles. The number of methoxy groups -OCH3 is 1. The molecule has 0 N–H and O–H groups in total. The summed E-state index contributed by atoms with van der Waals surface area (Å²) < 4.78 is 5.61. The van der Waals surface area contributed by atoms with E-state index in [0.29, 0.717) is 5.56 Å². The highest BCUT2D eigenvalue weighted by atomic mass is 79.9. The maximum absolute atomic E-state index is 11.5. The molecule has 0 fully saturated rings. The molecule has 76 valence electrons. The van der Waals surface area contributed by atoms with Crippen LogP contribution >= 0.6 is 15.9 Å². The smallest absolute Gasteiger partial charge is 0.340 e. The van der Waals surface area contributed by atoms with Crippen molar-refractivity contribution in [3.05, 3.63) is 40.6 Å². The second-order valence-electron chi connectivity index (χ2n) is 3.04. The lowest BCUT2D eigenvalue weighted by Crippen LogP contribution is -2.02. The minimum Gasteiger partial charge on any atom is -0.465 e. The van der Waals surface area contributed by atoms with Crippen LogP contribution in [0.15, 0.2) is 35.1 Å². The van der Waals surface area contributed by atoms with Crippen LogP contribution in [0.1, 0.15) is 10.4 Å². The van der Waals surface area contributed by atoms with Crippen molar-refractivity contribution in [2.24, 2.45) is 0 Å². The van der Waals surface area contributed by atoms with Crippen molar-refractivity contribution in [3.63, 3.8) is 0 Å². The molecule has 0 amide bonds. The third kappa shape index (κ3) is 1.85. The van der Waals surface area contributed by atoms with Gasteiger partial charge in [0.15, 0.2) is 0 Å². The highest BCUT2D eigenvalue weighted by Crippen LogP contribution is 2.22. The summed E-state index contributed by atoms with van der Waals surface area (Å²) in [5, 5.41) is 1.76. The molecule has 2 rings (SSSR count). The number of benzene rings is 1. The molecule has 2 aromatic rings. The molecule has 0 radical (unpaired) electrons. The minimum absolute atomic E-state index is 0.369. The Morgan fingerprint density at radius 1 is 1.40 bits per heavy atom. The highest BCUT2D eigenvalue weighted by Gasteiger charge is 2.10. The van der Waals surface area contributed by atoms with Gasteiger partial charge in [-0.3, -0.25) is 4.98 Å². The van der Waals surface area contributed by atoms with E-state index in [2.05, 4.69) is 25.7 Å². The Morgan fingerprint density at radius 3 is 2.93 bits per heavy atom. The lowest BCUT2D eigenvalue weighted by Gasteiger charge is -2.04. The van der Waals surface area contributed by atoms with Crippen molar-refractivity contribution in [1.82, 2.24) is 4.98 Å². The quantitative estimate of drug-likeness (QED) is 0.745. The zero-order valence-corrected chi connectivity index (χ0v) is 9.61. The number of nitrogens with zero attached hydrogens (tertiary/aromatic N) is 1. The molecule has 3 nitrogen and oxygen atoms in total. The Bertz CT molecular complexity index is 525. The number of carbonyl (C=O) groups excluding carboxylic acids is 1. The molecule has 15 heavy (non-hydrogen) atoms. The number of hydrogen-bond acceptors (Lipinski definition) is 3. The van der Waals surface area contributed by atoms with Crippen LogP contribution in [0.5, 0.6) is 0 Å². The monoisotopic (exact) mass is 265 g/mol. The van der Waals surface area contributed by atoms with Crippen LogP contribution in [0.2, 0.25) is 0 Å². The second-order valence-corrected chi connectivity index (χ2v) is 3.96. The average Bonchev–Trinajstić information content (AvgIpc) is 2.27. The number of aromatic nitrogens is 1. The first-order chi connectivity index (χ1) is 7.22. The normalized spacial score (nSPS) is 10.3. The van der Waals surface area contributed by atoms with E-state index >= 15 is 0 Å². The Kier molecular flexibility index (Phi) is 2.68. The summed E-state index contributed by atoms with van der Waals surface area (Å²) in [5.74, 6) is -0.369. The van der Waals surface area contributed by atoms with Crippen LogP contribution in [0, 0.1) is 0 Å². The molecule has 0 unspecified atom stereocenters. The molecule has 0 aliphatic rings. The summed E-state index contributed by atoms with van der Waals surface area (Å²) in [5.41, 5.74) is 0.483. The Hall–Kier alpha value is -1.42. The molecule has 1 heterocycles. The third-order valence-electron chi connectivity index (χ3n) is 2.13. The summed E-state index contributed by atoms with van der Waals surface area (Å²) >= 11 is 3.37. The van der Waals surface area contributed by atoms with Crippen LogP contribution in [-0.2, 0) is 4.74 Å². The predicted molar refractivity (Wildman–Crippen MR) is 60.8 cm³/mol. The van der Waals surface area contributed by atoms with Crippen molar-refractivity contribution in [2.45, 2.75) is 0 Å². The van der Waals surface area contributed by atoms with E-state index in [1.165, 1.54) is 13.3 Å². The third-order valence-corrected chi connectivity index (χ3v) is 2.62. The van der Waals surface area contributed by atoms with Gasteiger partial charge in [0.05, 0.1) is 12.7 Å². The molecule has 0 saturated heterocycles. The molecule has 0 atom stereocenters. The summed E-state index contributed by atoms with van der Waals surface area (Å²) in [7, 11) is 1.36. The Labute approximate surface area is 95.2 Å². The van der Waals surface area contributed by atoms with Gasteiger partial charge in [-0.1, -0.05) is 22.0 Å². The van der Waals surface area contributed by atoms with Crippen LogP contribution in [0.3, 0.4) is 0 Å².